The van der Waals surface area contributed by atoms with Crippen LogP contribution in [0.4, 0.5) is 18.9 Å². The third-order valence-electron chi connectivity index (χ3n) is 10.1. The second-order valence-electron chi connectivity index (χ2n) is 13.4. The monoisotopic (exact) mass is 618 g/mol. The van der Waals surface area contributed by atoms with Crippen LogP contribution < -0.4 is 10.2 Å². The van der Waals surface area contributed by atoms with Crippen LogP contribution in [-0.2, 0) is 31.7 Å². The summed E-state index contributed by atoms with van der Waals surface area (Å²) in [5.41, 5.74) is 1.14. The predicted molar refractivity (Wildman–Crippen MR) is 161 cm³/mol. The number of fused-ring (bicyclic) bond motifs is 1. The van der Waals surface area contributed by atoms with E-state index >= 15 is 0 Å². The molecule has 0 bridgehead atoms. The van der Waals surface area contributed by atoms with Crippen LogP contribution in [0.1, 0.15) is 71.0 Å². The van der Waals surface area contributed by atoms with Gasteiger partial charge in [0.2, 0.25) is 0 Å². The fourth-order valence-corrected chi connectivity index (χ4v) is 8.08. The molecule has 4 heterocycles. The van der Waals surface area contributed by atoms with Gasteiger partial charge in [-0.05, 0) is 72.6 Å². The molecule has 45 heavy (non-hydrogen) atoms. The summed E-state index contributed by atoms with van der Waals surface area (Å²) in [6.45, 7) is 5.30. The second-order valence-corrected chi connectivity index (χ2v) is 13.4. The van der Waals surface area contributed by atoms with Crippen molar-refractivity contribution in [2.24, 2.45) is 13.0 Å². The van der Waals surface area contributed by atoms with Gasteiger partial charge in [0.1, 0.15) is 12.2 Å². The Labute approximate surface area is 260 Å². The molecule has 3 aliphatic heterocycles. The van der Waals surface area contributed by atoms with Gasteiger partial charge in [-0.3, -0.25) is 9.69 Å². The molecule has 2 saturated heterocycles. The smallest absolute Gasteiger partial charge is 0.320 e. The number of aryl methyl sites for hydroxylation is 1. The molecular weight excluding hydrogens is 581 g/mol. The number of likely N-dealkylation sites (tertiary alicyclic amines) is 2. The van der Waals surface area contributed by atoms with Gasteiger partial charge in [-0.1, -0.05) is 19.1 Å². The van der Waals surface area contributed by atoms with Crippen molar-refractivity contribution in [3.05, 3.63) is 76.4 Å². The van der Waals surface area contributed by atoms with Crippen molar-refractivity contribution in [3.8, 4) is 6.19 Å². The molecule has 3 aromatic rings. The first kappa shape index (κ1) is 29.7. The van der Waals surface area contributed by atoms with E-state index in [0.717, 1.165) is 50.2 Å². The molecule has 1 saturated carbocycles. The first-order valence-corrected chi connectivity index (χ1v) is 15.7. The van der Waals surface area contributed by atoms with Crippen LogP contribution in [-0.4, -0.2) is 68.7 Å². The van der Waals surface area contributed by atoms with E-state index in [1.54, 1.807) is 23.4 Å². The average molecular weight is 619 g/mol. The fourth-order valence-electron chi connectivity index (χ4n) is 8.08. The van der Waals surface area contributed by atoms with Gasteiger partial charge >= 0.3 is 6.18 Å². The van der Waals surface area contributed by atoms with E-state index in [2.05, 4.69) is 33.5 Å². The number of halogens is 3. The van der Waals surface area contributed by atoms with Gasteiger partial charge in [0.25, 0.3) is 5.91 Å². The average Bonchev–Trinajstić information content (AvgIpc) is 3.79. The minimum Gasteiger partial charge on any atom is -0.320 e. The molecule has 0 spiro atoms. The number of benzene rings is 2. The fraction of sp³-hybridized carbons (Fsp3) is 0.515. The molecule has 1 aliphatic carbocycles. The van der Waals surface area contributed by atoms with Crippen LogP contribution in [0.25, 0.3) is 0 Å². The van der Waals surface area contributed by atoms with Crippen molar-refractivity contribution in [2.45, 2.75) is 69.4 Å². The Morgan fingerprint density at radius 2 is 1.89 bits per heavy atom. The van der Waals surface area contributed by atoms with Crippen molar-refractivity contribution < 1.29 is 18.0 Å². The summed E-state index contributed by atoms with van der Waals surface area (Å²) in [5.74, 6) is 0.937. The molecule has 1 N–H and O–H groups in total. The van der Waals surface area contributed by atoms with Gasteiger partial charge in [0.05, 0.1) is 17.5 Å². The summed E-state index contributed by atoms with van der Waals surface area (Å²) in [7, 11) is 1.92. The van der Waals surface area contributed by atoms with Gasteiger partial charge in [-0.25, -0.2) is 0 Å². The third kappa shape index (κ3) is 5.36. The number of aromatic nitrogens is 3. The lowest BCUT2D eigenvalue weighted by Gasteiger charge is -2.46. The summed E-state index contributed by atoms with van der Waals surface area (Å²) >= 11 is 0. The highest BCUT2D eigenvalue weighted by Gasteiger charge is 2.48. The molecule has 0 unspecified atom stereocenters. The number of carbonyl (C=O) groups is 1. The maximum Gasteiger partial charge on any atom is 0.416 e. The highest BCUT2D eigenvalue weighted by molar-refractivity contribution is 6.10. The molecule has 4 aliphatic rings. The third-order valence-corrected chi connectivity index (χ3v) is 10.1. The number of anilines is 1. The van der Waals surface area contributed by atoms with Crippen LogP contribution in [0.2, 0.25) is 0 Å². The Hall–Kier alpha value is -3.95. The molecule has 236 valence electrons. The van der Waals surface area contributed by atoms with Crippen LogP contribution in [0, 0.1) is 17.4 Å². The summed E-state index contributed by atoms with van der Waals surface area (Å²) < 4.78 is 45.3. The van der Waals surface area contributed by atoms with Crippen molar-refractivity contribution in [1.82, 2.24) is 29.9 Å². The van der Waals surface area contributed by atoms with Gasteiger partial charge < -0.3 is 19.7 Å². The first-order chi connectivity index (χ1) is 21.5. The molecule has 2 aromatic carbocycles. The second kappa shape index (κ2) is 11.1. The van der Waals surface area contributed by atoms with E-state index in [1.807, 2.05) is 29.8 Å². The van der Waals surface area contributed by atoms with Gasteiger partial charge in [-0.15, -0.1) is 10.2 Å². The minimum absolute atomic E-state index is 0.0335. The largest absolute Gasteiger partial charge is 0.416 e. The normalized spacial score (nSPS) is 26.8. The molecular formula is C33H37F3N8O. The highest BCUT2D eigenvalue weighted by atomic mass is 19.4. The lowest BCUT2D eigenvalue weighted by Crippen LogP contribution is -2.43. The lowest BCUT2D eigenvalue weighted by atomic mass is 9.58. The Morgan fingerprint density at radius 3 is 2.58 bits per heavy atom. The van der Waals surface area contributed by atoms with Crippen molar-refractivity contribution in [2.75, 3.05) is 31.1 Å². The van der Waals surface area contributed by atoms with E-state index in [0.29, 0.717) is 36.8 Å². The number of alkyl halides is 3. The summed E-state index contributed by atoms with van der Waals surface area (Å²) in [6, 6.07) is 11.0. The predicted octanol–water partition coefficient (Wildman–Crippen LogP) is 4.43. The standard InChI is InChI=1S/C33H37F3N8O/c1-21-13-32(14-21,31-40-38-20-41(31)2)23-4-3-5-26(12-23)44-18-28-27(30(44)45)10-22(11-29(28)33(34,35)36)15-42-8-6-24(16-42)39-25-7-9-43(17-25)19-37/h3-5,10-12,20-21,24-25,39H,6-9,13-18H2,1-2H3/t21?,24-,25+,32?/m1/s1. The number of nitrogens with one attached hydrogen (secondary N) is 1. The van der Waals surface area contributed by atoms with Crippen LogP contribution in [0.5, 0.6) is 0 Å². The zero-order valence-electron chi connectivity index (χ0n) is 25.5. The molecule has 12 heteroatoms. The number of hydrogen-bond acceptors (Lipinski definition) is 7. The van der Waals surface area contributed by atoms with Crippen molar-refractivity contribution in [1.29, 1.82) is 5.26 Å². The Kier molecular flexibility index (Phi) is 7.36. The van der Waals surface area contributed by atoms with Gasteiger partial charge in [-0.2, -0.15) is 18.4 Å². The first-order valence-electron chi connectivity index (χ1n) is 15.7. The lowest BCUT2D eigenvalue weighted by molar-refractivity contribution is -0.138. The number of nitrogens with zero attached hydrogens (tertiary/aromatic N) is 7. The van der Waals surface area contributed by atoms with Crippen molar-refractivity contribution in [3.63, 3.8) is 0 Å². The van der Waals surface area contributed by atoms with Crippen molar-refractivity contribution >= 4 is 11.6 Å². The number of nitriles is 1. The van der Waals surface area contributed by atoms with Crippen LogP contribution in [0.15, 0.2) is 42.7 Å². The number of amides is 1. The van der Waals surface area contributed by atoms with E-state index in [9.17, 15) is 18.0 Å². The zero-order chi connectivity index (χ0) is 31.5. The Balaban J connectivity index is 1.12. The quantitative estimate of drug-likeness (QED) is 0.392. The SMILES string of the molecule is CC1CC(c2cccc(N3Cc4c(cc(CN5CC[C@@H](N[C@H]6CCN(C#N)C6)C5)cc4C(F)(F)F)C3=O)c2)(c2nncn2C)C1. The molecule has 3 fully saturated rings. The number of rotatable bonds is 7. The van der Waals surface area contributed by atoms with E-state index in [4.69, 9.17) is 5.26 Å². The van der Waals surface area contributed by atoms with Crippen LogP contribution in [0.3, 0.4) is 0 Å². The minimum atomic E-state index is -4.58. The maximum absolute atomic E-state index is 14.5. The number of hydrogen-bond donors (Lipinski definition) is 1. The molecule has 9 nitrogen and oxygen atoms in total. The van der Waals surface area contributed by atoms with Gasteiger partial charge in [0.15, 0.2) is 6.19 Å². The topological polar surface area (TPSA) is 93.3 Å². The highest BCUT2D eigenvalue weighted by Crippen LogP contribution is 2.52. The van der Waals surface area contributed by atoms with E-state index < -0.39 is 17.6 Å². The molecule has 0 radical (unpaired) electrons. The molecule has 1 amide bonds. The number of carbonyl (C=O) groups excluding carboxylic acids is 1. The molecule has 2 atom stereocenters. The summed E-state index contributed by atoms with van der Waals surface area (Å²) in [5, 5.41) is 21.3. The van der Waals surface area contributed by atoms with E-state index in [-0.39, 0.29) is 35.2 Å². The summed E-state index contributed by atoms with van der Waals surface area (Å²) in [4.78, 5) is 19.2. The molecule has 1 aromatic heterocycles. The summed E-state index contributed by atoms with van der Waals surface area (Å²) in [6.07, 6.45) is 2.84. The van der Waals surface area contributed by atoms with Crippen LogP contribution >= 0.6 is 0 Å². The Bertz CT molecular complexity index is 1660. The molecule has 7 rings (SSSR count). The van der Waals surface area contributed by atoms with Gasteiger partial charge in [0, 0.05) is 63.1 Å². The zero-order valence-corrected chi connectivity index (χ0v) is 25.5. The Morgan fingerprint density at radius 1 is 1.11 bits per heavy atom. The maximum atomic E-state index is 14.5. The van der Waals surface area contributed by atoms with E-state index in [1.165, 1.54) is 11.0 Å².